The minimum Gasteiger partial charge on any atom is -0.336 e. The van der Waals surface area contributed by atoms with E-state index in [1.54, 1.807) is 19.2 Å². The highest BCUT2D eigenvalue weighted by Crippen LogP contribution is 2.34. The maximum absolute atomic E-state index is 14.0. The largest absolute Gasteiger partial charge is 0.336 e. The van der Waals surface area contributed by atoms with Crippen LogP contribution in [0.3, 0.4) is 0 Å². The Bertz CT molecular complexity index is 1180. The second-order valence-corrected chi connectivity index (χ2v) is 9.62. The number of para-hydroxylation sites is 1. The Morgan fingerprint density at radius 3 is 2.42 bits per heavy atom. The summed E-state index contributed by atoms with van der Waals surface area (Å²) in [6, 6.07) is 11.8. The summed E-state index contributed by atoms with van der Waals surface area (Å²) in [5, 5.41) is 0. The molecule has 1 fully saturated rings. The number of hydrogen-bond acceptors (Lipinski definition) is 5. The van der Waals surface area contributed by atoms with Crippen LogP contribution in [0.1, 0.15) is 42.3 Å². The average molecular weight is 513 g/mol. The molecule has 0 spiro atoms. The van der Waals surface area contributed by atoms with Gasteiger partial charge < -0.3 is 9.62 Å². The van der Waals surface area contributed by atoms with Gasteiger partial charge in [0.15, 0.2) is 5.83 Å². The van der Waals surface area contributed by atoms with E-state index in [0.29, 0.717) is 43.9 Å². The van der Waals surface area contributed by atoms with E-state index in [-0.39, 0.29) is 5.91 Å². The first-order chi connectivity index (χ1) is 17.2. The van der Waals surface area contributed by atoms with Crippen molar-refractivity contribution < 1.29 is 13.6 Å². The van der Waals surface area contributed by atoms with Gasteiger partial charge in [-0.1, -0.05) is 18.2 Å². The number of carbonyl (C=O) groups is 1. The summed E-state index contributed by atoms with van der Waals surface area (Å²) < 4.78 is 30.7. The average Bonchev–Trinajstić information content (AvgIpc) is 2.87. The van der Waals surface area contributed by atoms with Gasteiger partial charge >= 0.3 is 0 Å². The van der Waals surface area contributed by atoms with Crippen LogP contribution in [-0.4, -0.2) is 54.6 Å². The molecule has 1 aliphatic heterocycles. The van der Waals surface area contributed by atoms with Crippen molar-refractivity contribution in [1.82, 2.24) is 9.80 Å². The number of rotatable bonds is 8. The predicted molar refractivity (Wildman–Crippen MR) is 147 cm³/mol. The summed E-state index contributed by atoms with van der Waals surface area (Å²) >= 11 is 1.50. The molecule has 0 aromatic heterocycles. The number of nitrogens with zero attached hydrogens (tertiary/aromatic N) is 3. The molecule has 1 aliphatic rings. The zero-order valence-electron chi connectivity index (χ0n) is 21.6. The normalized spacial score (nSPS) is 15.9. The third kappa shape index (κ3) is 6.83. The van der Waals surface area contributed by atoms with Crippen molar-refractivity contribution in [1.29, 1.82) is 0 Å². The molecule has 36 heavy (non-hydrogen) atoms. The molecular weight excluding hydrogens is 478 g/mol. The van der Waals surface area contributed by atoms with Crippen LogP contribution in [0.15, 0.2) is 69.6 Å². The molecule has 0 radical (unpaired) electrons. The summed E-state index contributed by atoms with van der Waals surface area (Å²) in [5.74, 6) is -1.63. The smallest absolute Gasteiger partial charge is 0.253 e. The zero-order valence-corrected chi connectivity index (χ0v) is 22.4. The lowest BCUT2D eigenvalue weighted by Crippen LogP contribution is -2.49. The topological polar surface area (TPSA) is 47.9 Å². The summed E-state index contributed by atoms with van der Waals surface area (Å²) in [6.07, 6.45) is 3.39. The predicted octanol–water partition coefficient (Wildman–Crippen LogP) is 7.02. The van der Waals surface area contributed by atoms with Crippen LogP contribution in [-0.2, 0) is 0 Å². The van der Waals surface area contributed by atoms with Gasteiger partial charge in [0.25, 0.3) is 5.91 Å². The Labute approximate surface area is 217 Å². The standard InChI is InChI=1S/C28H34F2N4OS/c1-6-22(26(30)21(5)29)18-33-13-15-34(16-14-33)28(35)23-11-12-24(20(4)17-23)32-36-25-10-8-9-19(3)27(25)31-7-2/h6-12,17,32H,13-16,18H2,1-5H3/b22-6-,26-21-,31-7?. The minimum absolute atomic E-state index is 0.0212. The van der Waals surface area contributed by atoms with Crippen LogP contribution in [0, 0.1) is 13.8 Å². The number of aryl methyl sites for hydroxylation is 2. The van der Waals surface area contributed by atoms with Crippen molar-refractivity contribution in [3.8, 4) is 0 Å². The summed E-state index contributed by atoms with van der Waals surface area (Å²) in [5.41, 5.74) is 4.94. The second-order valence-electron chi connectivity index (χ2n) is 8.77. The van der Waals surface area contributed by atoms with E-state index in [1.807, 2.05) is 67.0 Å². The minimum atomic E-state index is -0.808. The quantitative estimate of drug-likeness (QED) is 0.235. The van der Waals surface area contributed by atoms with E-state index in [9.17, 15) is 13.6 Å². The molecule has 0 unspecified atom stereocenters. The third-order valence-electron chi connectivity index (χ3n) is 6.19. The number of carbonyl (C=O) groups excluding carboxylic acids is 1. The number of halogens is 2. The molecule has 5 nitrogen and oxygen atoms in total. The molecule has 0 aliphatic carbocycles. The first-order valence-electron chi connectivity index (χ1n) is 12.1. The van der Waals surface area contributed by atoms with Gasteiger partial charge in [0, 0.05) is 55.8 Å². The van der Waals surface area contributed by atoms with E-state index in [2.05, 4.69) is 9.71 Å². The lowest BCUT2D eigenvalue weighted by atomic mass is 10.1. The Balaban J connectivity index is 1.60. The SMILES string of the molecule is CC=Nc1c(C)cccc1SNc1ccc(C(=O)N2CCN(CC(=C/C)/C(F)=C(\C)F)CC2)cc1C. The third-order valence-corrected chi connectivity index (χ3v) is 7.06. The van der Waals surface area contributed by atoms with Gasteiger partial charge in [-0.3, -0.25) is 14.7 Å². The highest BCUT2D eigenvalue weighted by Gasteiger charge is 2.24. The molecule has 2 aromatic rings. The van der Waals surface area contributed by atoms with Crippen LogP contribution in [0.2, 0.25) is 0 Å². The molecule has 1 saturated heterocycles. The Kier molecular flexibility index (Phi) is 9.84. The number of anilines is 1. The number of piperazine rings is 1. The van der Waals surface area contributed by atoms with Crippen molar-refractivity contribution in [2.45, 2.75) is 39.5 Å². The molecule has 1 heterocycles. The maximum atomic E-state index is 14.0. The van der Waals surface area contributed by atoms with Crippen molar-refractivity contribution in [3.05, 3.63) is 76.4 Å². The number of nitrogens with one attached hydrogen (secondary N) is 1. The van der Waals surface area contributed by atoms with E-state index in [4.69, 9.17) is 0 Å². The van der Waals surface area contributed by atoms with Gasteiger partial charge in [0.05, 0.1) is 10.6 Å². The highest BCUT2D eigenvalue weighted by molar-refractivity contribution is 8.00. The second kappa shape index (κ2) is 12.8. The van der Waals surface area contributed by atoms with E-state index < -0.39 is 11.7 Å². The first kappa shape index (κ1) is 27.6. The number of amides is 1. The van der Waals surface area contributed by atoms with Gasteiger partial charge in [0.2, 0.25) is 0 Å². The summed E-state index contributed by atoms with van der Waals surface area (Å²) in [6.45, 7) is 11.4. The van der Waals surface area contributed by atoms with Gasteiger partial charge in [-0.05, 0) is 82.0 Å². The lowest BCUT2D eigenvalue weighted by Gasteiger charge is -2.35. The molecule has 192 valence electrons. The molecule has 8 heteroatoms. The zero-order chi connectivity index (χ0) is 26.2. The summed E-state index contributed by atoms with van der Waals surface area (Å²) in [4.78, 5) is 22.5. The van der Waals surface area contributed by atoms with Crippen molar-refractivity contribution >= 4 is 35.4 Å². The van der Waals surface area contributed by atoms with Crippen molar-refractivity contribution in [3.63, 3.8) is 0 Å². The molecule has 0 saturated carbocycles. The van der Waals surface area contributed by atoms with Crippen LogP contribution in [0.5, 0.6) is 0 Å². The van der Waals surface area contributed by atoms with Gasteiger partial charge in [-0.15, -0.1) is 0 Å². The molecule has 0 bridgehead atoms. The molecule has 0 atom stereocenters. The van der Waals surface area contributed by atoms with E-state index in [1.165, 1.54) is 11.9 Å². The Morgan fingerprint density at radius 2 is 1.81 bits per heavy atom. The number of hydrogen-bond donors (Lipinski definition) is 1. The number of aliphatic imine (C=N–C) groups is 1. The molecular formula is C28H34F2N4OS. The van der Waals surface area contributed by atoms with Crippen LogP contribution < -0.4 is 4.72 Å². The van der Waals surface area contributed by atoms with E-state index in [0.717, 1.165) is 34.3 Å². The number of benzene rings is 2. The fourth-order valence-corrected chi connectivity index (χ4v) is 4.98. The van der Waals surface area contributed by atoms with Gasteiger partial charge in [0.1, 0.15) is 5.83 Å². The molecule has 2 aromatic carbocycles. The lowest BCUT2D eigenvalue weighted by molar-refractivity contribution is 0.0647. The molecule has 1 amide bonds. The summed E-state index contributed by atoms with van der Waals surface area (Å²) in [7, 11) is 0. The van der Waals surface area contributed by atoms with Crippen molar-refractivity contribution in [2.75, 3.05) is 37.4 Å². The highest BCUT2D eigenvalue weighted by atomic mass is 32.2. The monoisotopic (exact) mass is 512 g/mol. The van der Waals surface area contributed by atoms with Gasteiger partial charge in [-0.2, -0.15) is 0 Å². The Morgan fingerprint density at radius 1 is 1.08 bits per heavy atom. The van der Waals surface area contributed by atoms with E-state index >= 15 is 0 Å². The van der Waals surface area contributed by atoms with Gasteiger partial charge in [-0.25, -0.2) is 8.78 Å². The fourth-order valence-electron chi connectivity index (χ4n) is 4.07. The Hall–Kier alpha value is -2.97. The fraction of sp³-hybridized carbons (Fsp3) is 0.357. The number of allylic oxidation sites excluding steroid dienone is 2. The van der Waals surface area contributed by atoms with Crippen LogP contribution in [0.4, 0.5) is 20.2 Å². The first-order valence-corrected chi connectivity index (χ1v) is 12.9. The molecule has 3 rings (SSSR count). The molecule has 1 N–H and O–H groups in total. The maximum Gasteiger partial charge on any atom is 0.253 e. The van der Waals surface area contributed by atoms with Crippen LogP contribution in [0.25, 0.3) is 0 Å². The van der Waals surface area contributed by atoms with Crippen molar-refractivity contribution in [2.24, 2.45) is 4.99 Å². The van der Waals surface area contributed by atoms with Crippen LogP contribution >= 0.6 is 11.9 Å².